The highest BCUT2D eigenvalue weighted by Gasteiger charge is 2.39. The van der Waals surface area contributed by atoms with Crippen molar-refractivity contribution in [3.05, 3.63) is 35.6 Å². The highest BCUT2D eigenvalue weighted by atomic mass is 19.1. The minimum absolute atomic E-state index is 0.0440. The molecule has 1 aromatic carbocycles. The Labute approximate surface area is 148 Å². The fourth-order valence-corrected chi connectivity index (χ4v) is 4.06. The molecule has 0 aliphatic carbocycles. The molecule has 0 aromatic heterocycles. The number of piperidine rings is 2. The summed E-state index contributed by atoms with van der Waals surface area (Å²) >= 11 is 0. The van der Waals surface area contributed by atoms with Crippen LogP contribution in [0, 0.1) is 11.2 Å². The Kier molecular flexibility index (Phi) is 5.37. The van der Waals surface area contributed by atoms with Crippen molar-refractivity contribution in [3.8, 4) is 0 Å². The molecule has 2 fully saturated rings. The van der Waals surface area contributed by atoms with Crippen molar-refractivity contribution >= 4 is 11.8 Å². The smallest absolute Gasteiger partial charge is 0.253 e. The molecular formula is C19H26FN3O2. The lowest BCUT2D eigenvalue weighted by Crippen LogP contribution is -2.52. The summed E-state index contributed by atoms with van der Waals surface area (Å²) in [5.41, 5.74) is 0.564. The van der Waals surface area contributed by atoms with E-state index in [-0.39, 0.29) is 23.0 Å². The van der Waals surface area contributed by atoms with Gasteiger partial charge in [0, 0.05) is 25.7 Å². The Bertz CT molecular complexity index is 641. The first-order valence-electron chi connectivity index (χ1n) is 8.99. The number of amides is 2. The van der Waals surface area contributed by atoms with Crippen molar-refractivity contribution in [2.75, 3.05) is 39.8 Å². The number of carbonyl (C=O) groups is 2. The van der Waals surface area contributed by atoms with E-state index >= 15 is 0 Å². The predicted octanol–water partition coefficient (Wildman–Crippen LogP) is 1.89. The summed E-state index contributed by atoms with van der Waals surface area (Å²) in [6.45, 7) is 3.68. The van der Waals surface area contributed by atoms with Crippen LogP contribution in [0.25, 0.3) is 0 Å². The van der Waals surface area contributed by atoms with Crippen LogP contribution in [0.3, 0.4) is 0 Å². The van der Waals surface area contributed by atoms with E-state index in [1.165, 1.54) is 12.1 Å². The summed E-state index contributed by atoms with van der Waals surface area (Å²) in [6, 6.07) is 5.93. The quantitative estimate of drug-likeness (QED) is 0.908. The van der Waals surface area contributed by atoms with Gasteiger partial charge in [0.25, 0.3) is 5.91 Å². The van der Waals surface area contributed by atoms with Gasteiger partial charge >= 0.3 is 0 Å². The summed E-state index contributed by atoms with van der Waals surface area (Å²) in [5, 5.41) is 2.66. The lowest BCUT2D eigenvalue weighted by molar-refractivity contribution is -0.122. The Morgan fingerprint density at radius 3 is 2.64 bits per heavy atom. The molecule has 0 saturated carbocycles. The van der Waals surface area contributed by atoms with Gasteiger partial charge in [0.2, 0.25) is 5.91 Å². The molecule has 6 heteroatoms. The van der Waals surface area contributed by atoms with Crippen LogP contribution in [0.2, 0.25) is 0 Å². The largest absolute Gasteiger partial charge is 0.358 e. The first-order valence-corrected chi connectivity index (χ1v) is 8.99. The van der Waals surface area contributed by atoms with E-state index in [0.717, 1.165) is 51.9 Å². The number of nitrogens with one attached hydrogen (secondary N) is 1. The third kappa shape index (κ3) is 4.18. The number of likely N-dealkylation sites (N-methyl/N-ethyl adjacent to an activating group) is 1. The number of rotatable bonds is 3. The Balaban J connectivity index is 1.62. The predicted molar refractivity (Wildman–Crippen MR) is 93.7 cm³/mol. The molecule has 2 heterocycles. The van der Waals surface area contributed by atoms with Gasteiger partial charge in [-0.05, 0) is 62.4 Å². The second-order valence-corrected chi connectivity index (χ2v) is 7.29. The van der Waals surface area contributed by atoms with Gasteiger partial charge in [0.15, 0.2) is 0 Å². The van der Waals surface area contributed by atoms with Gasteiger partial charge in [0.05, 0.1) is 6.54 Å². The van der Waals surface area contributed by atoms with E-state index < -0.39 is 0 Å². The van der Waals surface area contributed by atoms with Crippen molar-refractivity contribution in [1.29, 1.82) is 0 Å². The van der Waals surface area contributed by atoms with Crippen molar-refractivity contribution in [3.63, 3.8) is 0 Å². The van der Waals surface area contributed by atoms with Crippen LogP contribution >= 0.6 is 0 Å². The number of likely N-dealkylation sites (tertiary alicyclic amines) is 2. The Morgan fingerprint density at radius 2 is 1.96 bits per heavy atom. The average Bonchev–Trinajstić information content (AvgIpc) is 2.63. The molecule has 136 valence electrons. The van der Waals surface area contributed by atoms with E-state index in [4.69, 9.17) is 0 Å². The molecule has 0 bridgehead atoms. The number of nitrogens with zero attached hydrogens (tertiary/aromatic N) is 2. The molecule has 3 rings (SSSR count). The van der Waals surface area contributed by atoms with Crippen molar-refractivity contribution in [2.24, 2.45) is 5.41 Å². The molecule has 2 amide bonds. The van der Waals surface area contributed by atoms with Gasteiger partial charge in [-0.2, -0.15) is 0 Å². The second kappa shape index (κ2) is 7.52. The fourth-order valence-electron chi connectivity index (χ4n) is 4.06. The van der Waals surface area contributed by atoms with Gasteiger partial charge in [-0.25, -0.2) is 4.39 Å². The van der Waals surface area contributed by atoms with Crippen LogP contribution in [0.4, 0.5) is 4.39 Å². The van der Waals surface area contributed by atoms with Crippen LogP contribution in [-0.4, -0.2) is 61.4 Å². The molecule has 0 unspecified atom stereocenters. The van der Waals surface area contributed by atoms with E-state index in [0.29, 0.717) is 12.1 Å². The monoisotopic (exact) mass is 347 g/mol. The third-order valence-corrected chi connectivity index (χ3v) is 5.58. The topological polar surface area (TPSA) is 52.7 Å². The molecule has 1 spiro atoms. The van der Waals surface area contributed by atoms with Crippen LogP contribution in [-0.2, 0) is 4.79 Å². The molecular weight excluding hydrogens is 321 g/mol. The van der Waals surface area contributed by atoms with Gasteiger partial charge in [-0.15, -0.1) is 0 Å². The first kappa shape index (κ1) is 17.9. The first-order chi connectivity index (χ1) is 12.0. The van der Waals surface area contributed by atoms with Crippen LogP contribution < -0.4 is 5.32 Å². The summed E-state index contributed by atoms with van der Waals surface area (Å²) < 4.78 is 13.4. The highest BCUT2D eigenvalue weighted by molar-refractivity contribution is 5.94. The molecule has 1 aromatic rings. The maximum Gasteiger partial charge on any atom is 0.253 e. The Hall–Kier alpha value is -1.95. The molecule has 2 aliphatic rings. The van der Waals surface area contributed by atoms with E-state index in [1.54, 1.807) is 19.2 Å². The number of benzene rings is 1. The zero-order valence-electron chi connectivity index (χ0n) is 14.8. The summed E-state index contributed by atoms with van der Waals surface area (Å²) in [6.07, 6.45) is 4.10. The second-order valence-electron chi connectivity index (χ2n) is 7.29. The van der Waals surface area contributed by atoms with Gasteiger partial charge < -0.3 is 10.2 Å². The fraction of sp³-hybridized carbons (Fsp3) is 0.579. The molecule has 5 nitrogen and oxygen atoms in total. The van der Waals surface area contributed by atoms with Crippen molar-refractivity contribution < 1.29 is 14.0 Å². The molecule has 1 N–H and O–H groups in total. The van der Waals surface area contributed by atoms with Crippen molar-refractivity contribution in [1.82, 2.24) is 15.1 Å². The number of hydrogen-bond donors (Lipinski definition) is 1. The third-order valence-electron chi connectivity index (χ3n) is 5.58. The van der Waals surface area contributed by atoms with Gasteiger partial charge in [-0.1, -0.05) is 6.07 Å². The zero-order valence-corrected chi connectivity index (χ0v) is 14.8. The summed E-state index contributed by atoms with van der Waals surface area (Å²) in [5.74, 6) is -0.408. The van der Waals surface area contributed by atoms with Crippen molar-refractivity contribution in [2.45, 2.75) is 25.7 Å². The minimum atomic E-state index is -0.375. The summed E-state index contributed by atoms with van der Waals surface area (Å²) in [4.78, 5) is 28.3. The number of halogens is 1. The van der Waals surface area contributed by atoms with E-state index in [2.05, 4.69) is 10.2 Å². The van der Waals surface area contributed by atoms with Crippen LogP contribution in [0.15, 0.2) is 24.3 Å². The molecule has 25 heavy (non-hydrogen) atoms. The Morgan fingerprint density at radius 1 is 1.20 bits per heavy atom. The zero-order chi connectivity index (χ0) is 17.9. The normalized spacial score (nSPS) is 20.5. The summed E-state index contributed by atoms with van der Waals surface area (Å²) in [7, 11) is 1.66. The van der Waals surface area contributed by atoms with E-state index in [9.17, 15) is 14.0 Å². The average molecular weight is 347 g/mol. The number of carbonyl (C=O) groups excluding carboxylic acids is 2. The lowest BCUT2D eigenvalue weighted by atomic mass is 9.72. The molecule has 2 aliphatic heterocycles. The minimum Gasteiger partial charge on any atom is -0.358 e. The number of hydrogen-bond acceptors (Lipinski definition) is 3. The molecule has 0 atom stereocenters. The maximum absolute atomic E-state index is 13.4. The highest BCUT2D eigenvalue weighted by Crippen LogP contribution is 2.40. The SMILES string of the molecule is CNC(=O)CN1CCC2(CCCN(C(=O)c3cccc(F)c3)C2)CC1. The van der Waals surface area contributed by atoms with Gasteiger partial charge in [0.1, 0.15) is 5.82 Å². The molecule has 2 saturated heterocycles. The van der Waals surface area contributed by atoms with E-state index in [1.807, 2.05) is 4.90 Å². The van der Waals surface area contributed by atoms with Crippen LogP contribution in [0.5, 0.6) is 0 Å². The van der Waals surface area contributed by atoms with Gasteiger partial charge in [-0.3, -0.25) is 14.5 Å². The molecule has 0 radical (unpaired) electrons. The van der Waals surface area contributed by atoms with Crippen LogP contribution in [0.1, 0.15) is 36.0 Å². The maximum atomic E-state index is 13.4. The lowest BCUT2D eigenvalue weighted by Gasteiger charge is -2.47. The standard InChI is InChI=1S/C19H26FN3O2/c1-21-17(24)13-22-10-7-19(8-11-22)6-3-9-23(14-19)18(25)15-4-2-5-16(20)12-15/h2,4-5,12H,3,6-11,13-14H2,1H3,(H,21,24).